The normalized spacial score (nSPS) is 10.5. The molecule has 0 saturated heterocycles. The molecule has 2 rings (SSSR count). The fraction of sp³-hybridized carbons (Fsp3) is 0.0769. The summed E-state index contributed by atoms with van der Waals surface area (Å²) in [7, 11) is 0. The Morgan fingerprint density at radius 3 is 2.52 bits per heavy atom. The largest absolute Gasteiger partial charge is 0.486 e. The Balaban J connectivity index is 2.19. The van der Waals surface area contributed by atoms with Gasteiger partial charge in [0.15, 0.2) is 11.6 Å². The second-order valence-electron chi connectivity index (χ2n) is 4.02. The van der Waals surface area contributed by atoms with Gasteiger partial charge in [-0.3, -0.25) is 10.1 Å². The standard InChI is InChI=1S/C13H7Br2F2NO3/c14-8-3-11(16)13(17)12(4-8)21-6-7-1-2-9(18(19)20)5-10(7)15/h1-5H,6H2. The van der Waals surface area contributed by atoms with Gasteiger partial charge in [0.2, 0.25) is 5.82 Å². The third-order valence-corrected chi connectivity index (χ3v) is 3.79. The average Bonchev–Trinajstić information content (AvgIpc) is 2.42. The van der Waals surface area contributed by atoms with Gasteiger partial charge in [0.05, 0.1) is 4.92 Å². The van der Waals surface area contributed by atoms with Crippen molar-refractivity contribution in [3.63, 3.8) is 0 Å². The van der Waals surface area contributed by atoms with E-state index in [1.165, 1.54) is 24.3 Å². The van der Waals surface area contributed by atoms with Crippen LogP contribution in [0.1, 0.15) is 5.56 Å². The monoisotopic (exact) mass is 421 g/mol. The van der Waals surface area contributed by atoms with Gasteiger partial charge >= 0.3 is 0 Å². The van der Waals surface area contributed by atoms with E-state index in [1.54, 1.807) is 0 Å². The Hall–Kier alpha value is -1.54. The lowest BCUT2D eigenvalue weighted by atomic mass is 10.2. The first-order chi connectivity index (χ1) is 9.88. The zero-order valence-electron chi connectivity index (χ0n) is 10.3. The number of nitrogens with zero attached hydrogens (tertiary/aromatic N) is 1. The van der Waals surface area contributed by atoms with Crippen LogP contribution in [0.3, 0.4) is 0 Å². The molecular weight excluding hydrogens is 416 g/mol. The highest BCUT2D eigenvalue weighted by Gasteiger charge is 2.13. The van der Waals surface area contributed by atoms with Crippen LogP contribution in [0.2, 0.25) is 0 Å². The Bertz CT molecular complexity index is 710. The van der Waals surface area contributed by atoms with Crippen LogP contribution in [0.15, 0.2) is 39.3 Å². The first-order valence-electron chi connectivity index (χ1n) is 5.58. The van der Waals surface area contributed by atoms with Crippen molar-refractivity contribution in [1.82, 2.24) is 0 Å². The van der Waals surface area contributed by atoms with E-state index in [4.69, 9.17) is 4.74 Å². The highest BCUT2D eigenvalue weighted by atomic mass is 79.9. The lowest BCUT2D eigenvalue weighted by molar-refractivity contribution is -0.384. The van der Waals surface area contributed by atoms with Crippen LogP contribution >= 0.6 is 31.9 Å². The molecule has 0 spiro atoms. The summed E-state index contributed by atoms with van der Waals surface area (Å²) in [5, 5.41) is 10.6. The van der Waals surface area contributed by atoms with E-state index >= 15 is 0 Å². The minimum Gasteiger partial charge on any atom is -0.486 e. The van der Waals surface area contributed by atoms with E-state index in [9.17, 15) is 18.9 Å². The maximum Gasteiger partial charge on any atom is 0.270 e. The Labute approximate surface area is 135 Å². The van der Waals surface area contributed by atoms with Crippen molar-refractivity contribution in [2.75, 3.05) is 0 Å². The van der Waals surface area contributed by atoms with Gasteiger partial charge in [-0.05, 0) is 18.2 Å². The summed E-state index contributed by atoms with van der Waals surface area (Å²) in [6.07, 6.45) is 0. The molecule has 0 aliphatic carbocycles. The molecule has 21 heavy (non-hydrogen) atoms. The van der Waals surface area contributed by atoms with Crippen LogP contribution in [-0.4, -0.2) is 4.92 Å². The first kappa shape index (κ1) is 15.8. The molecule has 0 radical (unpaired) electrons. The lowest BCUT2D eigenvalue weighted by Crippen LogP contribution is -2.00. The molecule has 0 aromatic heterocycles. The second kappa shape index (κ2) is 6.48. The third kappa shape index (κ3) is 3.76. The van der Waals surface area contributed by atoms with Gasteiger partial charge in [-0.1, -0.05) is 31.9 Å². The molecule has 0 aliphatic rings. The molecule has 0 fully saturated rings. The summed E-state index contributed by atoms with van der Waals surface area (Å²) in [5.74, 6) is -2.36. The lowest BCUT2D eigenvalue weighted by Gasteiger charge is -2.09. The van der Waals surface area contributed by atoms with E-state index in [-0.39, 0.29) is 18.0 Å². The zero-order chi connectivity index (χ0) is 15.6. The van der Waals surface area contributed by atoms with Gasteiger partial charge in [-0.25, -0.2) is 4.39 Å². The highest BCUT2D eigenvalue weighted by molar-refractivity contribution is 9.10. The number of nitro benzene ring substituents is 1. The molecule has 0 bridgehead atoms. The van der Waals surface area contributed by atoms with Crippen molar-refractivity contribution in [2.24, 2.45) is 0 Å². The number of hydrogen-bond donors (Lipinski definition) is 0. The fourth-order valence-corrected chi connectivity index (χ4v) is 2.45. The van der Waals surface area contributed by atoms with Crippen molar-refractivity contribution in [3.05, 3.63) is 66.6 Å². The molecule has 2 aromatic carbocycles. The summed E-state index contributed by atoms with van der Waals surface area (Å²) in [6.45, 7) is -0.0641. The Morgan fingerprint density at radius 2 is 1.90 bits per heavy atom. The van der Waals surface area contributed by atoms with Crippen LogP contribution in [0.4, 0.5) is 14.5 Å². The van der Waals surface area contributed by atoms with E-state index in [2.05, 4.69) is 31.9 Å². The molecule has 0 amide bonds. The van der Waals surface area contributed by atoms with Gasteiger partial charge < -0.3 is 4.74 Å². The minimum absolute atomic E-state index is 0.0641. The maximum absolute atomic E-state index is 13.5. The number of rotatable bonds is 4. The minimum atomic E-state index is -1.09. The molecule has 0 saturated carbocycles. The summed E-state index contributed by atoms with van der Waals surface area (Å²) in [5.41, 5.74) is 0.491. The predicted molar refractivity (Wildman–Crippen MR) is 79.2 cm³/mol. The van der Waals surface area contributed by atoms with Gasteiger partial charge in [0, 0.05) is 26.6 Å². The van der Waals surface area contributed by atoms with E-state index in [0.29, 0.717) is 14.5 Å². The molecule has 2 aromatic rings. The molecule has 0 aliphatic heterocycles. The van der Waals surface area contributed by atoms with Gasteiger partial charge in [0.25, 0.3) is 5.69 Å². The molecule has 0 N–H and O–H groups in total. The molecule has 110 valence electrons. The van der Waals surface area contributed by atoms with Crippen molar-refractivity contribution >= 4 is 37.5 Å². The smallest absolute Gasteiger partial charge is 0.270 e. The molecular formula is C13H7Br2F2NO3. The van der Waals surface area contributed by atoms with Crippen LogP contribution in [0.5, 0.6) is 5.75 Å². The molecule has 4 nitrogen and oxygen atoms in total. The number of non-ortho nitro benzene ring substituents is 1. The van der Waals surface area contributed by atoms with Crippen molar-refractivity contribution in [2.45, 2.75) is 6.61 Å². The number of benzene rings is 2. The topological polar surface area (TPSA) is 52.4 Å². The molecule has 0 atom stereocenters. The zero-order valence-corrected chi connectivity index (χ0v) is 13.4. The average molecular weight is 423 g/mol. The summed E-state index contributed by atoms with van der Waals surface area (Å²) in [4.78, 5) is 10.1. The van der Waals surface area contributed by atoms with E-state index in [0.717, 1.165) is 6.07 Å². The molecule has 0 heterocycles. The number of hydrogen-bond acceptors (Lipinski definition) is 3. The summed E-state index contributed by atoms with van der Waals surface area (Å²) >= 11 is 6.22. The quantitative estimate of drug-likeness (QED) is 0.396. The Kier molecular flexibility index (Phi) is 4.89. The summed E-state index contributed by atoms with van der Waals surface area (Å²) in [6, 6.07) is 6.40. The highest BCUT2D eigenvalue weighted by Crippen LogP contribution is 2.28. The van der Waals surface area contributed by atoms with E-state index in [1.807, 2.05) is 0 Å². The molecule has 0 unspecified atom stereocenters. The summed E-state index contributed by atoms with van der Waals surface area (Å²) < 4.78 is 32.8. The van der Waals surface area contributed by atoms with Crippen LogP contribution in [0.25, 0.3) is 0 Å². The van der Waals surface area contributed by atoms with Gasteiger partial charge in [-0.2, -0.15) is 4.39 Å². The van der Waals surface area contributed by atoms with Crippen molar-refractivity contribution < 1.29 is 18.4 Å². The second-order valence-corrected chi connectivity index (χ2v) is 5.79. The van der Waals surface area contributed by atoms with Crippen LogP contribution in [0, 0.1) is 21.7 Å². The predicted octanol–water partition coefficient (Wildman–Crippen LogP) is 4.98. The molecule has 8 heteroatoms. The maximum atomic E-state index is 13.5. The first-order valence-corrected chi connectivity index (χ1v) is 7.17. The van der Waals surface area contributed by atoms with Crippen LogP contribution in [-0.2, 0) is 6.61 Å². The fourth-order valence-electron chi connectivity index (χ4n) is 1.56. The van der Waals surface area contributed by atoms with Gasteiger partial charge in [-0.15, -0.1) is 0 Å². The van der Waals surface area contributed by atoms with E-state index < -0.39 is 16.6 Å². The Morgan fingerprint density at radius 1 is 1.19 bits per heavy atom. The van der Waals surface area contributed by atoms with Crippen molar-refractivity contribution in [3.8, 4) is 5.75 Å². The number of ether oxygens (including phenoxy) is 1. The van der Waals surface area contributed by atoms with Gasteiger partial charge in [0.1, 0.15) is 6.61 Å². The number of nitro groups is 1. The number of halogens is 4. The SMILES string of the molecule is O=[N+]([O-])c1ccc(COc2cc(Br)cc(F)c2F)c(Br)c1. The third-order valence-electron chi connectivity index (χ3n) is 2.59. The van der Waals surface area contributed by atoms with Crippen molar-refractivity contribution in [1.29, 1.82) is 0 Å². The van der Waals surface area contributed by atoms with Crippen LogP contribution < -0.4 is 4.74 Å².